The van der Waals surface area contributed by atoms with Crippen molar-refractivity contribution in [3.63, 3.8) is 0 Å². The molecule has 1 aromatic carbocycles. The first-order valence-corrected chi connectivity index (χ1v) is 10.6. The summed E-state index contributed by atoms with van der Waals surface area (Å²) in [5.74, 6) is 3.12. The largest absolute Gasteiger partial charge is 0.493 e. The van der Waals surface area contributed by atoms with E-state index in [4.69, 9.17) is 27.9 Å². The Bertz CT molecular complexity index is 963. The molecule has 0 amide bonds. The van der Waals surface area contributed by atoms with Crippen molar-refractivity contribution in [2.24, 2.45) is 5.92 Å². The van der Waals surface area contributed by atoms with Gasteiger partial charge >= 0.3 is 0 Å². The van der Waals surface area contributed by atoms with E-state index in [0.717, 1.165) is 0 Å². The summed E-state index contributed by atoms with van der Waals surface area (Å²) in [5.41, 5.74) is 0.661. The highest BCUT2D eigenvalue weighted by atomic mass is 16.5. The fourth-order valence-electron chi connectivity index (χ4n) is 3.31. The fourth-order valence-corrected chi connectivity index (χ4v) is 3.31. The molecule has 2 atom stereocenters. The molecular weight excluding hydrogens is 430 g/mol. The van der Waals surface area contributed by atoms with Crippen LogP contribution in [0.1, 0.15) is 31.5 Å². The summed E-state index contributed by atoms with van der Waals surface area (Å²) in [6, 6.07) is 6.87. The first kappa shape index (κ1) is 24.6. The molecule has 33 heavy (non-hydrogen) atoms. The van der Waals surface area contributed by atoms with Gasteiger partial charge in [0.05, 0.1) is 46.3 Å². The smallest absolute Gasteiger partial charge is 0.244 e. The molecule has 0 radical (unpaired) electrons. The van der Waals surface area contributed by atoms with E-state index < -0.39 is 6.10 Å². The number of furan rings is 1. The van der Waals surface area contributed by atoms with Crippen molar-refractivity contribution in [3.8, 4) is 28.6 Å². The first-order chi connectivity index (χ1) is 16.0. The van der Waals surface area contributed by atoms with Gasteiger partial charge in [-0.15, -0.1) is 0 Å². The Morgan fingerprint density at radius 1 is 1.09 bits per heavy atom. The van der Waals surface area contributed by atoms with Crippen LogP contribution < -0.4 is 19.5 Å². The quantitative estimate of drug-likeness (QED) is 0.392. The Balaban J connectivity index is 1.66. The zero-order chi connectivity index (χ0) is 23.8. The Hall–Kier alpha value is -3.08. The zero-order valence-corrected chi connectivity index (χ0v) is 19.5. The van der Waals surface area contributed by atoms with Crippen molar-refractivity contribution < 1.29 is 33.0 Å². The zero-order valence-electron chi connectivity index (χ0n) is 19.5. The molecule has 0 fully saturated rings. The van der Waals surface area contributed by atoms with E-state index in [-0.39, 0.29) is 18.6 Å². The van der Waals surface area contributed by atoms with Crippen molar-refractivity contribution in [1.82, 2.24) is 15.5 Å². The van der Waals surface area contributed by atoms with Gasteiger partial charge in [0.25, 0.3) is 0 Å². The second-order valence-corrected chi connectivity index (χ2v) is 7.75. The molecule has 0 aliphatic heterocycles. The van der Waals surface area contributed by atoms with Crippen molar-refractivity contribution in [1.29, 1.82) is 0 Å². The summed E-state index contributed by atoms with van der Waals surface area (Å²) in [6.07, 6.45) is 0.874. The van der Waals surface area contributed by atoms with Crippen LogP contribution in [0.25, 0.3) is 11.4 Å². The molecule has 3 aromatic rings. The second kappa shape index (κ2) is 11.7. The van der Waals surface area contributed by atoms with Crippen LogP contribution in [0.15, 0.2) is 39.5 Å². The van der Waals surface area contributed by atoms with Gasteiger partial charge in [-0.1, -0.05) is 19.0 Å². The molecule has 10 nitrogen and oxygen atoms in total. The molecule has 0 spiro atoms. The summed E-state index contributed by atoms with van der Waals surface area (Å²) in [7, 11) is 4.64. The molecule has 0 saturated carbocycles. The van der Waals surface area contributed by atoms with E-state index in [1.165, 1.54) is 0 Å². The molecule has 180 valence electrons. The van der Waals surface area contributed by atoms with Crippen LogP contribution >= 0.6 is 0 Å². The van der Waals surface area contributed by atoms with E-state index >= 15 is 0 Å². The van der Waals surface area contributed by atoms with Crippen molar-refractivity contribution >= 4 is 0 Å². The van der Waals surface area contributed by atoms with E-state index in [9.17, 15) is 5.11 Å². The number of aliphatic hydroxyl groups is 1. The average Bonchev–Trinajstić information content (AvgIpc) is 3.50. The van der Waals surface area contributed by atoms with Crippen LogP contribution in [0.5, 0.6) is 17.2 Å². The maximum atomic E-state index is 10.3. The number of hydrogen-bond acceptors (Lipinski definition) is 10. The maximum absolute atomic E-state index is 10.3. The third-order valence-electron chi connectivity index (χ3n) is 5.01. The Morgan fingerprint density at radius 3 is 2.39 bits per heavy atom. The van der Waals surface area contributed by atoms with E-state index in [0.29, 0.717) is 53.4 Å². The summed E-state index contributed by atoms with van der Waals surface area (Å²) in [6.45, 7) is 4.82. The van der Waals surface area contributed by atoms with Gasteiger partial charge in [-0.2, -0.15) is 4.98 Å². The Morgan fingerprint density at radius 2 is 1.82 bits per heavy atom. The lowest BCUT2D eigenvalue weighted by Gasteiger charge is -2.20. The second-order valence-electron chi connectivity index (χ2n) is 7.75. The minimum atomic E-state index is -0.710. The fraction of sp³-hybridized carbons (Fsp3) is 0.478. The van der Waals surface area contributed by atoms with Gasteiger partial charge in [0.2, 0.25) is 17.5 Å². The van der Waals surface area contributed by atoms with Crippen LogP contribution in [-0.4, -0.2) is 55.8 Å². The van der Waals surface area contributed by atoms with Gasteiger partial charge in [0.15, 0.2) is 11.5 Å². The van der Waals surface area contributed by atoms with Gasteiger partial charge in [-0.3, -0.25) is 0 Å². The molecule has 0 aliphatic rings. The molecule has 0 saturated heterocycles. The minimum Gasteiger partial charge on any atom is -0.493 e. The van der Waals surface area contributed by atoms with Crippen LogP contribution in [0.3, 0.4) is 0 Å². The van der Waals surface area contributed by atoms with Crippen LogP contribution in [-0.2, 0) is 11.3 Å². The molecule has 10 heteroatoms. The van der Waals surface area contributed by atoms with Crippen LogP contribution in [0.4, 0.5) is 0 Å². The van der Waals surface area contributed by atoms with E-state index in [1.807, 2.05) is 19.9 Å². The van der Waals surface area contributed by atoms with Gasteiger partial charge in [0, 0.05) is 12.1 Å². The lowest BCUT2D eigenvalue weighted by atomic mass is 10.0. The molecular formula is C23H31N3O7. The maximum Gasteiger partial charge on any atom is 0.244 e. The third-order valence-corrected chi connectivity index (χ3v) is 5.01. The predicted molar refractivity (Wildman–Crippen MR) is 119 cm³/mol. The molecule has 2 unspecified atom stereocenters. The summed E-state index contributed by atoms with van der Waals surface area (Å²) < 4.78 is 32.4. The number of hydrogen-bond donors (Lipinski definition) is 2. The van der Waals surface area contributed by atoms with Crippen molar-refractivity contribution in [3.05, 3.63) is 42.2 Å². The van der Waals surface area contributed by atoms with Crippen molar-refractivity contribution in [2.75, 3.05) is 34.5 Å². The molecule has 3 rings (SSSR count). The monoisotopic (exact) mass is 461 g/mol. The Kier molecular flexibility index (Phi) is 8.70. The average molecular weight is 462 g/mol. The number of aromatic nitrogens is 2. The van der Waals surface area contributed by atoms with E-state index in [1.54, 1.807) is 45.8 Å². The molecule has 2 heterocycles. The third kappa shape index (κ3) is 6.25. The Labute approximate surface area is 192 Å². The summed E-state index contributed by atoms with van der Waals surface area (Å²) in [4.78, 5) is 4.56. The van der Waals surface area contributed by atoms with E-state index in [2.05, 4.69) is 15.5 Å². The highest BCUT2D eigenvalue weighted by Crippen LogP contribution is 2.40. The van der Waals surface area contributed by atoms with Gasteiger partial charge in [0.1, 0.15) is 12.4 Å². The SMILES string of the molecule is COc1cc(-c2noc(C(NCC(O)COCc3ccco3)C(C)C)n2)cc(OC)c1OC. The normalized spacial score (nSPS) is 13.2. The number of methoxy groups -OCH3 is 3. The number of aliphatic hydroxyl groups excluding tert-OH is 1. The lowest BCUT2D eigenvalue weighted by molar-refractivity contribution is 0.0202. The lowest BCUT2D eigenvalue weighted by Crippen LogP contribution is -2.35. The first-order valence-electron chi connectivity index (χ1n) is 10.6. The molecule has 2 aromatic heterocycles. The number of nitrogens with one attached hydrogen (secondary N) is 1. The summed E-state index contributed by atoms with van der Waals surface area (Å²) >= 11 is 0. The predicted octanol–water partition coefficient (Wildman–Crippen LogP) is 3.22. The highest BCUT2D eigenvalue weighted by molar-refractivity contribution is 5.66. The van der Waals surface area contributed by atoms with Gasteiger partial charge < -0.3 is 38.3 Å². The minimum absolute atomic E-state index is 0.134. The molecule has 0 bridgehead atoms. The number of ether oxygens (including phenoxy) is 4. The van der Waals surface area contributed by atoms with Gasteiger partial charge in [-0.05, 0) is 30.2 Å². The molecule has 2 N–H and O–H groups in total. The number of rotatable bonds is 13. The van der Waals surface area contributed by atoms with Crippen LogP contribution in [0.2, 0.25) is 0 Å². The van der Waals surface area contributed by atoms with Crippen molar-refractivity contribution in [2.45, 2.75) is 32.6 Å². The van der Waals surface area contributed by atoms with Gasteiger partial charge in [-0.25, -0.2) is 0 Å². The van der Waals surface area contributed by atoms with Crippen LogP contribution in [0, 0.1) is 5.92 Å². The summed E-state index contributed by atoms with van der Waals surface area (Å²) in [5, 5.41) is 17.7. The standard InChI is InChI=1S/C23H31N3O7/c1-14(2)20(24-11-16(27)12-31-13-17-7-6-8-32-17)23-25-22(26-33-23)15-9-18(28-3)21(30-5)19(10-15)29-4/h6-10,14,16,20,24,27H,11-13H2,1-5H3. The molecule has 0 aliphatic carbocycles. The topological polar surface area (TPSA) is 121 Å². The highest BCUT2D eigenvalue weighted by Gasteiger charge is 2.24. The number of benzene rings is 1. The number of nitrogens with zero attached hydrogens (tertiary/aromatic N) is 2.